The van der Waals surface area contributed by atoms with Crippen LogP contribution in [0.2, 0.25) is 0 Å². The Labute approximate surface area is 127 Å². The first-order valence-electron chi connectivity index (χ1n) is 7.47. The smallest absolute Gasteiger partial charge is 0.337 e. The zero-order valence-electron chi connectivity index (χ0n) is 12.2. The van der Waals surface area contributed by atoms with Crippen molar-refractivity contribution in [1.29, 1.82) is 0 Å². The quantitative estimate of drug-likeness (QED) is 0.836. The highest BCUT2D eigenvalue weighted by Crippen LogP contribution is 2.60. The number of benzene rings is 1. The first kappa shape index (κ1) is 13.2. The summed E-state index contributed by atoms with van der Waals surface area (Å²) in [5, 5.41) is 21.1. The third kappa shape index (κ3) is 1.62. The fraction of sp³-hybridized carbons (Fsp3) is 0.353. The van der Waals surface area contributed by atoms with Gasteiger partial charge in [-0.25, -0.2) is 4.79 Å². The second kappa shape index (κ2) is 4.53. The van der Waals surface area contributed by atoms with E-state index in [1.54, 1.807) is 24.3 Å². The van der Waals surface area contributed by atoms with Crippen molar-refractivity contribution in [2.24, 2.45) is 0 Å². The van der Waals surface area contributed by atoms with Crippen LogP contribution in [0.3, 0.4) is 0 Å². The van der Waals surface area contributed by atoms with E-state index in [0.29, 0.717) is 23.1 Å². The van der Waals surface area contributed by atoms with Crippen molar-refractivity contribution in [3.63, 3.8) is 0 Å². The molecule has 2 atom stereocenters. The normalized spacial score (nSPS) is 21.9. The SMILES string of the molecule is COC(=O)c1ccc(-n2c(O)c3c(c2O)C2CCC3C2)cc1. The summed E-state index contributed by atoms with van der Waals surface area (Å²) < 4.78 is 6.14. The number of esters is 1. The molecule has 1 saturated carbocycles. The molecule has 22 heavy (non-hydrogen) atoms. The first-order valence-corrected chi connectivity index (χ1v) is 7.47. The summed E-state index contributed by atoms with van der Waals surface area (Å²) in [6, 6.07) is 6.64. The van der Waals surface area contributed by atoms with Gasteiger partial charge < -0.3 is 14.9 Å². The van der Waals surface area contributed by atoms with Crippen LogP contribution in [0.4, 0.5) is 0 Å². The summed E-state index contributed by atoms with van der Waals surface area (Å²) in [5.74, 6) is 0.576. The van der Waals surface area contributed by atoms with Gasteiger partial charge in [-0.2, -0.15) is 0 Å². The van der Waals surface area contributed by atoms with Gasteiger partial charge in [-0.1, -0.05) is 0 Å². The number of carbonyl (C=O) groups excluding carboxylic acids is 1. The molecule has 2 aliphatic carbocycles. The van der Waals surface area contributed by atoms with E-state index in [-0.39, 0.29) is 11.8 Å². The molecule has 114 valence electrons. The van der Waals surface area contributed by atoms with Gasteiger partial charge in [0.25, 0.3) is 0 Å². The van der Waals surface area contributed by atoms with Crippen molar-refractivity contribution in [2.45, 2.75) is 31.1 Å². The summed E-state index contributed by atoms with van der Waals surface area (Å²) in [7, 11) is 1.33. The number of rotatable bonds is 2. The highest BCUT2D eigenvalue weighted by atomic mass is 16.5. The van der Waals surface area contributed by atoms with Gasteiger partial charge in [0.2, 0.25) is 11.8 Å². The van der Waals surface area contributed by atoms with Crippen LogP contribution in [-0.2, 0) is 4.74 Å². The number of aromatic hydroxyl groups is 2. The van der Waals surface area contributed by atoms with E-state index in [9.17, 15) is 15.0 Å². The summed E-state index contributed by atoms with van der Waals surface area (Å²) >= 11 is 0. The van der Waals surface area contributed by atoms with Crippen LogP contribution in [-0.4, -0.2) is 27.9 Å². The third-order valence-corrected chi connectivity index (χ3v) is 4.99. The summed E-state index contributed by atoms with van der Waals surface area (Å²) in [5.41, 5.74) is 2.89. The van der Waals surface area contributed by atoms with Crippen molar-refractivity contribution in [2.75, 3.05) is 7.11 Å². The maximum atomic E-state index is 11.5. The third-order valence-electron chi connectivity index (χ3n) is 4.99. The van der Waals surface area contributed by atoms with Crippen molar-refractivity contribution in [3.05, 3.63) is 41.0 Å². The zero-order chi connectivity index (χ0) is 15.4. The van der Waals surface area contributed by atoms with Crippen molar-refractivity contribution in [3.8, 4) is 17.4 Å². The van der Waals surface area contributed by atoms with Crippen molar-refractivity contribution < 1.29 is 19.7 Å². The van der Waals surface area contributed by atoms with E-state index in [1.807, 2.05) is 0 Å². The molecule has 5 heteroatoms. The van der Waals surface area contributed by atoms with E-state index in [2.05, 4.69) is 4.74 Å². The number of hydrogen-bond acceptors (Lipinski definition) is 4. The molecule has 4 rings (SSSR count). The van der Waals surface area contributed by atoms with E-state index >= 15 is 0 Å². The van der Waals surface area contributed by atoms with Crippen LogP contribution in [0.1, 0.15) is 52.6 Å². The molecule has 1 aromatic carbocycles. The number of aromatic nitrogens is 1. The number of hydrogen-bond donors (Lipinski definition) is 2. The predicted molar refractivity (Wildman–Crippen MR) is 79.8 cm³/mol. The van der Waals surface area contributed by atoms with Gasteiger partial charge in [-0.3, -0.25) is 4.57 Å². The molecule has 0 aliphatic heterocycles. The topological polar surface area (TPSA) is 71.7 Å². The zero-order valence-corrected chi connectivity index (χ0v) is 12.2. The highest BCUT2D eigenvalue weighted by Gasteiger charge is 2.44. The molecular weight excluding hydrogens is 282 g/mol. The van der Waals surface area contributed by atoms with Gasteiger partial charge in [0.15, 0.2) is 0 Å². The minimum atomic E-state index is -0.409. The van der Waals surface area contributed by atoms with Gasteiger partial charge in [-0.05, 0) is 55.4 Å². The van der Waals surface area contributed by atoms with E-state index in [1.165, 1.54) is 11.7 Å². The molecule has 1 fully saturated rings. The monoisotopic (exact) mass is 299 g/mol. The van der Waals surface area contributed by atoms with E-state index in [4.69, 9.17) is 0 Å². The lowest BCUT2D eigenvalue weighted by molar-refractivity contribution is 0.0601. The van der Waals surface area contributed by atoms with Crippen LogP contribution < -0.4 is 0 Å². The van der Waals surface area contributed by atoms with Gasteiger partial charge in [0.05, 0.1) is 18.4 Å². The summed E-state index contributed by atoms with van der Waals surface area (Å²) in [6.07, 6.45) is 3.19. The van der Waals surface area contributed by atoms with Crippen LogP contribution in [0.15, 0.2) is 24.3 Å². The molecule has 0 saturated heterocycles. The predicted octanol–water partition coefficient (Wildman–Crippen LogP) is 3.04. The molecule has 2 N–H and O–H groups in total. The van der Waals surface area contributed by atoms with Crippen LogP contribution >= 0.6 is 0 Å². The lowest BCUT2D eigenvalue weighted by Crippen LogP contribution is -2.02. The molecule has 1 aromatic heterocycles. The standard InChI is InChI=1S/C17H17NO4/c1-22-17(21)9-4-6-12(7-5-9)18-15(19)13-10-2-3-11(8-10)14(13)16(18)20/h4-7,10-11,19-20H,2-3,8H2,1H3. The Balaban J connectivity index is 1.80. The van der Waals surface area contributed by atoms with E-state index < -0.39 is 5.97 Å². The van der Waals surface area contributed by atoms with Crippen LogP contribution in [0.25, 0.3) is 5.69 Å². The molecule has 2 bridgehead atoms. The molecule has 1 heterocycles. The molecule has 2 aromatic rings. The highest BCUT2D eigenvalue weighted by molar-refractivity contribution is 5.89. The van der Waals surface area contributed by atoms with Gasteiger partial charge >= 0.3 is 5.97 Å². The maximum Gasteiger partial charge on any atom is 0.337 e. The summed E-state index contributed by atoms with van der Waals surface area (Å²) in [4.78, 5) is 11.5. The van der Waals surface area contributed by atoms with Crippen molar-refractivity contribution in [1.82, 2.24) is 4.57 Å². The number of methoxy groups -OCH3 is 1. The van der Waals surface area contributed by atoms with E-state index in [0.717, 1.165) is 30.4 Å². The van der Waals surface area contributed by atoms with Crippen LogP contribution in [0, 0.1) is 0 Å². The van der Waals surface area contributed by atoms with Gasteiger partial charge in [-0.15, -0.1) is 0 Å². The largest absolute Gasteiger partial charge is 0.494 e. The number of nitrogens with zero attached hydrogens (tertiary/aromatic N) is 1. The lowest BCUT2D eigenvalue weighted by Gasteiger charge is -2.10. The Bertz CT molecular complexity index is 726. The molecule has 0 radical (unpaired) electrons. The number of carbonyl (C=O) groups is 1. The maximum absolute atomic E-state index is 11.5. The number of fused-ring (bicyclic) bond motifs is 5. The second-order valence-electron chi connectivity index (χ2n) is 6.06. The fourth-order valence-electron chi connectivity index (χ4n) is 4.00. The average Bonchev–Trinajstić information content (AvgIpc) is 3.21. The molecule has 2 unspecified atom stereocenters. The fourth-order valence-corrected chi connectivity index (χ4v) is 4.00. The minimum absolute atomic E-state index is 0.130. The molecule has 0 amide bonds. The Kier molecular flexibility index (Phi) is 2.73. The Morgan fingerprint density at radius 3 is 2.14 bits per heavy atom. The second-order valence-corrected chi connectivity index (χ2v) is 6.06. The molecule has 0 spiro atoms. The Morgan fingerprint density at radius 1 is 1.09 bits per heavy atom. The Hall–Kier alpha value is -2.43. The Morgan fingerprint density at radius 2 is 1.64 bits per heavy atom. The minimum Gasteiger partial charge on any atom is -0.494 e. The lowest BCUT2D eigenvalue weighted by atomic mass is 9.95. The first-order chi connectivity index (χ1) is 10.6. The van der Waals surface area contributed by atoms with Gasteiger partial charge in [0, 0.05) is 11.1 Å². The van der Waals surface area contributed by atoms with Gasteiger partial charge in [0.1, 0.15) is 0 Å². The van der Waals surface area contributed by atoms with Crippen molar-refractivity contribution >= 4 is 5.97 Å². The molecule has 2 aliphatic rings. The van der Waals surface area contributed by atoms with Crippen LogP contribution in [0.5, 0.6) is 11.8 Å². The average molecular weight is 299 g/mol. The number of ether oxygens (including phenoxy) is 1. The molecular formula is C17H17NO4. The summed E-state index contributed by atoms with van der Waals surface area (Å²) in [6.45, 7) is 0. The molecule has 5 nitrogen and oxygen atoms in total.